The van der Waals surface area contributed by atoms with Gasteiger partial charge in [-0.2, -0.15) is 28.2 Å². The summed E-state index contributed by atoms with van der Waals surface area (Å²) in [7, 11) is 0. The Labute approximate surface area is 187 Å². The largest absolute Gasteiger partial charge is 0.418 e. The van der Waals surface area contributed by atoms with Crippen molar-refractivity contribution in [1.82, 2.24) is 29.9 Å². The van der Waals surface area contributed by atoms with Crippen LogP contribution < -0.4 is 0 Å². The lowest BCUT2D eigenvalue weighted by atomic mass is 9.96. The molecule has 1 fully saturated rings. The van der Waals surface area contributed by atoms with Crippen molar-refractivity contribution in [3.8, 4) is 5.69 Å². The minimum absolute atomic E-state index is 0.141. The van der Waals surface area contributed by atoms with Crippen LogP contribution in [0.25, 0.3) is 16.7 Å². The lowest BCUT2D eigenvalue weighted by Gasteiger charge is -2.34. The zero-order valence-electron chi connectivity index (χ0n) is 18.0. The van der Waals surface area contributed by atoms with Crippen LogP contribution in [0.2, 0.25) is 0 Å². The number of imidazole rings is 1. The standard InChI is InChI=1S/C23H21F3N6O/c1-14-7-8-18(32-27-10-11-28-32)15(13-14)20(33)31-12-4-9-22(31,2)21-29-17-6-3-5-16(19(17)30-21)23(24,25)26/h3,5-8,10-11,13H,4,9,12H2,1-2H3,(H,29,30). The molecule has 1 aliphatic heterocycles. The number of nitrogens with zero attached hydrogens (tertiary/aromatic N) is 5. The van der Waals surface area contributed by atoms with Crippen LogP contribution in [0.3, 0.4) is 0 Å². The molecule has 3 heterocycles. The second-order valence-electron chi connectivity index (χ2n) is 8.46. The second kappa shape index (κ2) is 7.43. The Morgan fingerprint density at radius 1 is 1.15 bits per heavy atom. The molecule has 0 bridgehead atoms. The van der Waals surface area contributed by atoms with Crippen molar-refractivity contribution in [1.29, 1.82) is 0 Å². The molecular formula is C23H21F3N6O. The number of likely N-dealkylation sites (tertiary alicyclic amines) is 1. The van der Waals surface area contributed by atoms with Gasteiger partial charge < -0.3 is 9.88 Å². The van der Waals surface area contributed by atoms with Crippen molar-refractivity contribution in [3.63, 3.8) is 0 Å². The highest BCUT2D eigenvalue weighted by Crippen LogP contribution is 2.41. The fraction of sp³-hybridized carbons (Fsp3) is 0.304. The number of fused-ring (bicyclic) bond motifs is 1. The minimum Gasteiger partial charge on any atom is -0.340 e. The summed E-state index contributed by atoms with van der Waals surface area (Å²) in [6, 6.07) is 9.36. The zero-order chi connectivity index (χ0) is 23.4. The number of H-pyrrole nitrogens is 1. The van der Waals surface area contributed by atoms with Gasteiger partial charge in [-0.25, -0.2) is 4.98 Å². The van der Waals surface area contributed by atoms with Crippen molar-refractivity contribution in [2.75, 3.05) is 6.54 Å². The number of nitrogens with one attached hydrogen (secondary N) is 1. The van der Waals surface area contributed by atoms with E-state index in [0.29, 0.717) is 36.5 Å². The summed E-state index contributed by atoms with van der Waals surface area (Å²) in [6.45, 7) is 4.18. The average Bonchev–Trinajstić information content (AvgIpc) is 3.52. The summed E-state index contributed by atoms with van der Waals surface area (Å²) in [5.41, 5.74) is 0.314. The molecule has 5 rings (SSSR count). The summed E-state index contributed by atoms with van der Waals surface area (Å²) in [5.74, 6) is 0.0916. The van der Waals surface area contributed by atoms with Crippen molar-refractivity contribution in [2.45, 2.75) is 38.4 Å². The average molecular weight is 454 g/mol. The van der Waals surface area contributed by atoms with Gasteiger partial charge in [-0.1, -0.05) is 17.7 Å². The first-order valence-electron chi connectivity index (χ1n) is 10.5. The highest BCUT2D eigenvalue weighted by molar-refractivity contribution is 5.98. The fourth-order valence-corrected chi connectivity index (χ4v) is 4.53. The van der Waals surface area contributed by atoms with Crippen LogP contribution in [-0.2, 0) is 11.7 Å². The second-order valence-corrected chi connectivity index (χ2v) is 8.46. The molecule has 1 aliphatic rings. The fourth-order valence-electron chi connectivity index (χ4n) is 4.53. The molecule has 10 heteroatoms. The Kier molecular flexibility index (Phi) is 4.77. The van der Waals surface area contributed by atoms with Gasteiger partial charge >= 0.3 is 6.18 Å². The van der Waals surface area contributed by atoms with Crippen LogP contribution in [0.5, 0.6) is 0 Å². The molecule has 2 aromatic carbocycles. The van der Waals surface area contributed by atoms with Gasteiger partial charge in [0.05, 0.1) is 40.3 Å². The number of rotatable bonds is 3. The Balaban J connectivity index is 1.59. The predicted molar refractivity (Wildman–Crippen MR) is 115 cm³/mol. The van der Waals surface area contributed by atoms with E-state index in [2.05, 4.69) is 20.2 Å². The minimum atomic E-state index is -4.52. The maximum atomic E-state index is 13.8. The van der Waals surface area contributed by atoms with Gasteiger partial charge in [0.2, 0.25) is 0 Å². The molecule has 33 heavy (non-hydrogen) atoms. The number of amides is 1. The van der Waals surface area contributed by atoms with Gasteiger partial charge in [-0.05, 0) is 51.0 Å². The highest BCUT2D eigenvalue weighted by Gasteiger charge is 2.45. The third-order valence-corrected chi connectivity index (χ3v) is 6.23. The van der Waals surface area contributed by atoms with Crippen LogP contribution in [-0.4, -0.2) is 42.3 Å². The first-order chi connectivity index (χ1) is 15.7. The lowest BCUT2D eigenvalue weighted by Crippen LogP contribution is -2.44. The first-order valence-corrected chi connectivity index (χ1v) is 10.5. The Morgan fingerprint density at radius 2 is 1.91 bits per heavy atom. The van der Waals surface area contributed by atoms with Crippen molar-refractivity contribution >= 4 is 16.9 Å². The van der Waals surface area contributed by atoms with Crippen LogP contribution >= 0.6 is 0 Å². The van der Waals surface area contributed by atoms with E-state index in [1.165, 1.54) is 23.3 Å². The zero-order valence-corrected chi connectivity index (χ0v) is 18.0. The third kappa shape index (κ3) is 3.46. The molecule has 0 saturated carbocycles. The Bertz CT molecular complexity index is 1340. The van der Waals surface area contributed by atoms with Gasteiger partial charge in [-0.3, -0.25) is 4.79 Å². The van der Waals surface area contributed by atoms with Crippen molar-refractivity contribution in [2.24, 2.45) is 0 Å². The Morgan fingerprint density at radius 3 is 2.64 bits per heavy atom. The monoisotopic (exact) mass is 454 g/mol. The van der Waals surface area contributed by atoms with Crippen molar-refractivity contribution in [3.05, 3.63) is 71.3 Å². The molecule has 170 valence electrons. The molecule has 0 radical (unpaired) electrons. The van der Waals surface area contributed by atoms with Gasteiger partial charge in [0.15, 0.2) is 0 Å². The summed E-state index contributed by atoms with van der Waals surface area (Å²) in [5, 5.41) is 8.30. The SMILES string of the molecule is Cc1ccc(-n2nccn2)c(C(=O)N2CCCC2(C)c2nc3c(C(F)(F)F)cccc3[nH]2)c1. The number of aryl methyl sites for hydroxylation is 1. The summed E-state index contributed by atoms with van der Waals surface area (Å²) in [6.07, 6.45) is -0.194. The van der Waals surface area contributed by atoms with E-state index in [0.717, 1.165) is 11.6 Å². The van der Waals surface area contributed by atoms with E-state index >= 15 is 0 Å². The summed E-state index contributed by atoms with van der Waals surface area (Å²) in [4.78, 5) is 24.2. The summed E-state index contributed by atoms with van der Waals surface area (Å²) < 4.78 is 40.5. The van der Waals surface area contributed by atoms with E-state index < -0.39 is 17.3 Å². The lowest BCUT2D eigenvalue weighted by molar-refractivity contribution is -0.136. The predicted octanol–water partition coefficient (Wildman–Crippen LogP) is 4.62. The molecule has 2 aromatic heterocycles. The molecule has 0 aliphatic carbocycles. The molecule has 0 spiro atoms. The number of hydrogen-bond acceptors (Lipinski definition) is 4. The third-order valence-electron chi connectivity index (χ3n) is 6.23. The van der Waals surface area contributed by atoms with Gasteiger partial charge in [0, 0.05) is 6.54 Å². The molecule has 1 amide bonds. The quantitative estimate of drug-likeness (QED) is 0.490. The van der Waals surface area contributed by atoms with Crippen LogP contribution in [0.1, 0.15) is 47.1 Å². The van der Waals surface area contributed by atoms with E-state index in [4.69, 9.17) is 0 Å². The smallest absolute Gasteiger partial charge is 0.340 e. The van der Waals surface area contributed by atoms with E-state index in [-0.39, 0.29) is 16.9 Å². The molecule has 7 nitrogen and oxygen atoms in total. The topological polar surface area (TPSA) is 79.7 Å². The molecule has 1 N–H and O–H groups in total. The number of alkyl halides is 3. The molecular weight excluding hydrogens is 433 g/mol. The van der Waals surface area contributed by atoms with Crippen molar-refractivity contribution < 1.29 is 18.0 Å². The van der Waals surface area contributed by atoms with E-state index in [1.807, 2.05) is 19.9 Å². The summed E-state index contributed by atoms with van der Waals surface area (Å²) >= 11 is 0. The number of hydrogen-bond donors (Lipinski definition) is 1. The maximum absolute atomic E-state index is 13.8. The van der Waals surface area contributed by atoms with Gasteiger partial charge in [0.1, 0.15) is 11.3 Å². The number of carbonyl (C=O) groups excluding carboxylic acids is 1. The molecule has 1 atom stereocenters. The molecule has 4 aromatic rings. The van der Waals surface area contributed by atoms with Crippen LogP contribution in [0, 0.1) is 6.92 Å². The number of halogens is 3. The van der Waals surface area contributed by atoms with Crippen LogP contribution in [0.4, 0.5) is 13.2 Å². The highest BCUT2D eigenvalue weighted by atomic mass is 19.4. The number of aromatic nitrogens is 5. The van der Waals surface area contributed by atoms with Crippen LogP contribution in [0.15, 0.2) is 48.8 Å². The Hall–Kier alpha value is -3.69. The van der Waals surface area contributed by atoms with E-state index in [9.17, 15) is 18.0 Å². The van der Waals surface area contributed by atoms with Gasteiger partial charge in [0.25, 0.3) is 5.91 Å². The normalized spacial score (nSPS) is 18.9. The number of aromatic amines is 1. The first kappa shape index (κ1) is 21.2. The van der Waals surface area contributed by atoms with E-state index in [1.54, 1.807) is 23.1 Å². The number of para-hydroxylation sites is 1. The molecule has 1 unspecified atom stereocenters. The number of benzene rings is 2. The molecule has 1 saturated heterocycles. The van der Waals surface area contributed by atoms with Gasteiger partial charge in [-0.15, -0.1) is 0 Å². The maximum Gasteiger partial charge on any atom is 0.418 e. The number of carbonyl (C=O) groups is 1.